The van der Waals surface area contributed by atoms with E-state index in [2.05, 4.69) is 0 Å². The number of carbonyl (C=O) groups excluding carboxylic acids is 2. The zero-order valence-corrected chi connectivity index (χ0v) is 17.1. The summed E-state index contributed by atoms with van der Waals surface area (Å²) in [7, 11) is -3.03. The van der Waals surface area contributed by atoms with E-state index in [-0.39, 0.29) is 18.8 Å². The largest absolute Gasteiger partial charge is 0.506 e. The molecule has 3 aromatic rings. The van der Waals surface area contributed by atoms with Gasteiger partial charge in [0.2, 0.25) is 5.24 Å². The molecule has 0 spiro atoms. The molecular weight excluding hydrogens is 388 g/mol. The van der Waals surface area contributed by atoms with E-state index in [1.54, 1.807) is 0 Å². The van der Waals surface area contributed by atoms with Crippen molar-refractivity contribution in [3.05, 3.63) is 91.0 Å². The van der Waals surface area contributed by atoms with Crippen molar-refractivity contribution in [2.24, 2.45) is 0 Å². The molecule has 0 N–H and O–H groups in total. The van der Waals surface area contributed by atoms with Crippen LogP contribution in [0.2, 0.25) is 0 Å². The lowest BCUT2D eigenvalue weighted by Crippen LogP contribution is -2.70. The van der Waals surface area contributed by atoms with Crippen LogP contribution in [-0.2, 0) is 14.0 Å². The molecule has 5 heteroatoms. The van der Waals surface area contributed by atoms with Crippen molar-refractivity contribution in [2.75, 3.05) is 0 Å². The van der Waals surface area contributed by atoms with Crippen LogP contribution in [0.3, 0.4) is 0 Å². The van der Waals surface area contributed by atoms with Gasteiger partial charge in [0, 0.05) is 12.8 Å². The Bertz CT molecular complexity index is 818. The smallest absolute Gasteiger partial charge is 0.350 e. The minimum Gasteiger partial charge on any atom is -0.506 e. The molecule has 3 nitrogen and oxygen atoms in total. The van der Waals surface area contributed by atoms with Gasteiger partial charge < -0.3 is 4.43 Å². The lowest BCUT2D eigenvalue weighted by molar-refractivity contribution is -0.134. The number of halogens is 1. The van der Waals surface area contributed by atoms with Crippen LogP contribution in [0.15, 0.2) is 91.0 Å². The first-order chi connectivity index (χ1) is 13.6. The van der Waals surface area contributed by atoms with Gasteiger partial charge in [0.25, 0.3) is 5.97 Å². The van der Waals surface area contributed by atoms with E-state index < -0.39 is 13.6 Å². The molecule has 0 saturated carbocycles. The summed E-state index contributed by atoms with van der Waals surface area (Å²) in [6.07, 6.45) is 0.691. The van der Waals surface area contributed by atoms with Crippen LogP contribution in [0.25, 0.3) is 0 Å². The third-order valence-corrected chi connectivity index (χ3v) is 8.72. The second kappa shape index (κ2) is 9.49. The van der Waals surface area contributed by atoms with Crippen molar-refractivity contribution in [1.82, 2.24) is 0 Å². The van der Waals surface area contributed by atoms with Gasteiger partial charge in [-0.1, -0.05) is 91.0 Å². The molecule has 3 rings (SSSR count). The molecule has 0 saturated heterocycles. The van der Waals surface area contributed by atoms with Crippen LogP contribution < -0.4 is 15.6 Å². The van der Waals surface area contributed by atoms with Gasteiger partial charge in [-0.2, -0.15) is 0 Å². The molecule has 0 aromatic heterocycles. The molecule has 0 aliphatic carbocycles. The molecular formula is C23H21ClO3Si. The minimum atomic E-state index is -3.03. The predicted octanol–water partition coefficient (Wildman–Crippen LogP) is 3.13. The summed E-state index contributed by atoms with van der Waals surface area (Å²) in [5.41, 5.74) is 0. The number of benzene rings is 3. The fraction of sp³-hybridized carbons (Fsp3) is 0.130. The summed E-state index contributed by atoms with van der Waals surface area (Å²) in [4.78, 5) is 23.8. The van der Waals surface area contributed by atoms with E-state index in [1.165, 1.54) is 0 Å². The Morgan fingerprint density at radius 2 is 1.07 bits per heavy atom. The first-order valence-corrected chi connectivity index (χ1v) is 11.5. The maximum absolute atomic E-state index is 12.8. The van der Waals surface area contributed by atoms with Gasteiger partial charge in [0.1, 0.15) is 0 Å². The highest BCUT2D eigenvalue weighted by Crippen LogP contribution is 2.12. The maximum atomic E-state index is 12.8. The van der Waals surface area contributed by atoms with Gasteiger partial charge in [0.15, 0.2) is 0 Å². The summed E-state index contributed by atoms with van der Waals surface area (Å²) in [5, 5.41) is 2.54. The molecule has 0 amide bonds. The first kappa shape index (κ1) is 20.1. The normalized spacial score (nSPS) is 11.0. The monoisotopic (exact) mass is 408 g/mol. The van der Waals surface area contributed by atoms with Crippen molar-refractivity contribution in [3.63, 3.8) is 0 Å². The summed E-state index contributed by atoms with van der Waals surface area (Å²) in [6.45, 7) is 0. The second-order valence-corrected chi connectivity index (χ2v) is 10.2. The first-order valence-electron chi connectivity index (χ1n) is 9.19. The van der Waals surface area contributed by atoms with Crippen molar-refractivity contribution in [2.45, 2.75) is 19.3 Å². The maximum Gasteiger partial charge on any atom is 0.350 e. The Hall–Kier alpha value is -2.69. The molecule has 0 unspecified atom stereocenters. The van der Waals surface area contributed by atoms with Gasteiger partial charge in [-0.15, -0.1) is 0 Å². The summed E-state index contributed by atoms with van der Waals surface area (Å²) < 4.78 is 6.32. The van der Waals surface area contributed by atoms with Crippen molar-refractivity contribution >= 4 is 46.7 Å². The average molecular weight is 409 g/mol. The Labute approximate surface area is 171 Å². The molecule has 0 aliphatic rings. The van der Waals surface area contributed by atoms with Gasteiger partial charge in [-0.05, 0) is 33.6 Å². The minimum absolute atomic E-state index is 0.152. The summed E-state index contributed by atoms with van der Waals surface area (Å²) in [5.74, 6) is -0.318. The van der Waals surface area contributed by atoms with E-state index in [4.69, 9.17) is 16.0 Å². The molecule has 0 atom stereocenters. The zero-order valence-electron chi connectivity index (χ0n) is 15.4. The van der Waals surface area contributed by atoms with Crippen LogP contribution in [-0.4, -0.2) is 19.5 Å². The predicted molar refractivity (Wildman–Crippen MR) is 115 cm³/mol. The molecule has 0 aliphatic heterocycles. The van der Waals surface area contributed by atoms with Crippen LogP contribution >= 0.6 is 11.6 Å². The van der Waals surface area contributed by atoms with E-state index in [0.29, 0.717) is 6.42 Å². The Balaban J connectivity index is 2.09. The molecule has 3 aromatic carbocycles. The SMILES string of the molecule is O=C(Cl)CCCC(=O)O[Si](c1ccccc1)(c1ccccc1)c1ccccc1. The van der Waals surface area contributed by atoms with E-state index in [1.807, 2.05) is 91.0 Å². The highest BCUT2D eigenvalue weighted by atomic mass is 35.5. The molecule has 0 radical (unpaired) electrons. The fourth-order valence-corrected chi connectivity index (χ4v) is 7.21. The van der Waals surface area contributed by atoms with E-state index in [9.17, 15) is 9.59 Å². The van der Waals surface area contributed by atoms with Crippen LogP contribution in [0.5, 0.6) is 0 Å². The molecule has 142 valence electrons. The third kappa shape index (κ3) is 4.58. The second-order valence-electron chi connectivity index (χ2n) is 6.46. The van der Waals surface area contributed by atoms with E-state index >= 15 is 0 Å². The third-order valence-electron chi connectivity index (χ3n) is 4.56. The van der Waals surface area contributed by atoms with Gasteiger partial charge in [-0.3, -0.25) is 9.59 Å². The lowest BCUT2D eigenvalue weighted by atomic mass is 10.2. The van der Waals surface area contributed by atoms with Crippen molar-refractivity contribution < 1.29 is 14.0 Å². The molecule has 0 bridgehead atoms. The van der Waals surface area contributed by atoms with E-state index in [0.717, 1.165) is 15.6 Å². The number of carbonyl (C=O) groups is 2. The topological polar surface area (TPSA) is 43.4 Å². The molecule has 0 heterocycles. The fourth-order valence-electron chi connectivity index (χ4n) is 3.29. The number of rotatable bonds is 8. The number of hydrogen-bond donors (Lipinski definition) is 0. The quantitative estimate of drug-likeness (QED) is 0.327. The summed E-state index contributed by atoms with van der Waals surface area (Å²) >= 11 is 5.40. The Morgan fingerprint density at radius 1 is 0.679 bits per heavy atom. The van der Waals surface area contributed by atoms with Crippen LogP contribution in [0, 0.1) is 0 Å². The van der Waals surface area contributed by atoms with Crippen molar-refractivity contribution in [1.29, 1.82) is 0 Å². The summed E-state index contributed by atoms with van der Waals surface area (Å²) in [6, 6.07) is 29.7. The van der Waals surface area contributed by atoms with Gasteiger partial charge >= 0.3 is 8.32 Å². The zero-order chi connectivity index (χ0) is 19.8. The van der Waals surface area contributed by atoms with Crippen LogP contribution in [0.4, 0.5) is 0 Å². The lowest BCUT2D eigenvalue weighted by Gasteiger charge is -2.32. The van der Waals surface area contributed by atoms with Crippen LogP contribution in [0.1, 0.15) is 19.3 Å². The standard InChI is InChI=1S/C23H21ClO3Si/c24-22(25)17-10-18-23(26)27-28(19-11-4-1-5-12-19,20-13-6-2-7-14-20)21-15-8-3-9-16-21/h1-9,11-16H,10,17-18H2. The molecule has 28 heavy (non-hydrogen) atoms. The average Bonchev–Trinajstić information content (AvgIpc) is 2.74. The highest BCUT2D eigenvalue weighted by molar-refractivity contribution is 7.07. The Morgan fingerprint density at radius 3 is 1.43 bits per heavy atom. The highest BCUT2D eigenvalue weighted by Gasteiger charge is 2.45. The van der Waals surface area contributed by atoms with Crippen molar-refractivity contribution in [3.8, 4) is 0 Å². The van der Waals surface area contributed by atoms with Gasteiger partial charge in [-0.25, -0.2) is 0 Å². The molecule has 0 fully saturated rings. The van der Waals surface area contributed by atoms with Gasteiger partial charge in [0.05, 0.1) is 0 Å². The number of hydrogen-bond acceptors (Lipinski definition) is 3. The Kier molecular flexibility index (Phi) is 6.79.